The summed E-state index contributed by atoms with van der Waals surface area (Å²) in [5.41, 5.74) is 10.4. The maximum absolute atomic E-state index is 10.1. The predicted molar refractivity (Wildman–Crippen MR) is 39.7 cm³/mol. The van der Waals surface area contributed by atoms with Gasteiger partial charge in [-0.05, 0) is 6.92 Å². The SMILES string of the molecule is C[C@@H](O)[C@H](N)[C@H](O)[C@H](N)C=O. The first-order valence-electron chi connectivity index (χ1n) is 3.33. The van der Waals surface area contributed by atoms with E-state index in [0.29, 0.717) is 6.29 Å². The minimum Gasteiger partial charge on any atom is -0.392 e. The van der Waals surface area contributed by atoms with Gasteiger partial charge in [0.25, 0.3) is 0 Å². The third-order valence-electron chi connectivity index (χ3n) is 1.50. The number of aliphatic hydroxyl groups is 2. The van der Waals surface area contributed by atoms with E-state index in [4.69, 9.17) is 21.7 Å². The first-order chi connectivity index (χ1) is 5.00. The fourth-order valence-corrected chi connectivity index (χ4v) is 0.622. The molecular formula is C6H14N2O3. The Morgan fingerprint density at radius 1 is 1.36 bits per heavy atom. The number of carbonyl (C=O) groups excluding carboxylic acids is 1. The summed E-state index contributed by atoms with van der Waals surface area (Å²) in [4.78, 5) is 10.1. The van der Waals surface area contributed by atoms with E-state index in [1.165, 1.54) is 6.92 Å². The van der Waals surface area contributed by atoms with Crippen LogP contribution in [0.1, 0.15) is 6.92 Å². The summed E-state index contributed by atoms with van der Waals surface area (Å²) in [7, 11) is 0. The fraction of sp³-hybridized carbons (Fsp3) is 0.833. The van der Waals surface area contributed by atoms with Crippen molar-refractivity contribution in [3.05, 3.63) is 0 Å². The highest BCUT2D eigenvalue weighted by Crippen LogP contribution is 1.98. The van der Waals surface area contributed by atoms with Crippen molar-refractivity contribution in [2.24, 2.45) is 11.5 Å². The summed E-state index contributed by atoms with van der Waals surface area (Å²) < 4.78 is 0. The second-order valence-corrected chi connectivity index (χ2v) is 2.52. The highest BCUT2D eigenvalue weighted by molar-refractivity contribution is 5.58. The van der Waals surface area contributed by atoms with Crippen molar-refractivity contribution in [2.45, 2.75) is 31.2 Å². The number of carbonyl (C=O) groups is 1. The van der Waals surface area contributed by atoms with Gasteiger partial charge in [-0.15, -0.1) is 0 Å². The van der Waals surface area contributed by atoms with E-state index in [-0.39, 0.29) is 0 Å². The average Bonchev–Trinajstić information content (AvgIpc) is 2.00. The van der Waals surface area contributed by atoms with Gasteiger partial charge in [0.15, 0.2) is 0 Å². The summed E-state index contributed by atoms with van der Waals surface area (Å²) in [5.74, 6) is 0. The van der Waals surface area contributed by atoms with Crippen LogP contribution in [0.5, 0.6) is 0 Å². The Labute approximate surface area is 65.0 Å². The monoisotopic (exact) mass is 162 g/mol. The van der Waals surface area contributed by atoms with E-state index in [0.717, 1.165) is 0 Å². The smallest absolute Gasteiger partial charge is 0.139 e. The Morgan fingerprint density at radius 2 is 1.82 bits per heavy atom. The van der Waals surface area contributed by atoms with Crippen LogP contribution in [0, 0.1) is 0 Å². The number of rotatable bonds is 4. The Kier molecular flexibility index (Phi) is 4.20. The number of nitrogens with two attached hydrogens (primary N) is 2. The second kappa shape index (κ2) is 4.40. The minimum absolute atomic E-state index is 0.396. The molecule has 5 nitrogen and oxygen atoms in total. The van der Waals surface area contributed by atoms with Crippen LogP contribution in [-0.4, -0.2) is 40.8 Å². The molecule has 0 aliphatic rings. The molecule has 4 atom stereocenters. The molecule has 0 aromatic rings. The van der Waals surface area contributed by atoms with Gasteiger partial charge in [0.2, 0.25) is 0 Å². The number of hydrogen-bond acceptors (Lipinski definition) is 5. The van der Waals surface area contributed by atoms with Gasteiger partial charge in [-0.25, -0.2) is 0 Å². The zero-order valence-corrected chi connectivity index (χ0v) is 6.34. The quantitative estimate of drug-likeness (QED) is 0.344. The molecule has 0 amide bonds. The molecule has 11 heavy (non-hydrogen) atoms. The van der Waals surface area contributed by atoms with E-state index in [2.05, 4.69) is 0 Å². The number of hydrogen-bond donors (Lipinski definition) is 4. The summed E-state index contributed by atoms with van der Waals surface area (Å²) in [6.45, 7) is 1.42. The van der Waals surface area contributed by atoms with Crippen LogP contribution in [0.4, 0.5) is 0 Å². The zero-order valence-electron chi connectivity index (χ0n) is 6.34. The lowest BCUT2D eigenvalue weighted by Gasteiger charge is -2.22. The molecule has 0 heterocycles. The Morgan fingerprint density at radius 3 is 2.09 bits per heavy atom. The molecule has 0 bridgehead atoms. The van der Waals surface area contributed by atoms with Crippen LogP contribution >= 0.6 is 0 Å². The molecule has 0 aromatic heterocycles. The average molecular weight is 162 g/mol. The summed E-state index contributed by atoms with van der Waals surface area (Å²) in [5, 5.41) is 18.0. The maximum atomic E-state index is 10.1. The number of aldehydes is 1. The van der Waals surface area contributed by atoms with Crippen LogP contribution in [-0.2, 0) is 4.79 Å². The third kappa shape index (κ3) is 2.94. The van der Waals surface area contributed by atoms with Crippen molar-refractivity contribution in [1.29, 1.82) is 0 Å². The first kappa shape index (κ1) is 10.5. The Hall–Kier alpha value is -0.490. The van der Waals surface area contributed by atoms with Crippen LogP contribution in [0.25, 0.3) is 0 Å². The van der Waals surface area contributed by atoms with Crippen molar-refractivity contribution in [3.8, 4) is 0 Å². The van der Waals surface area contributed by atoms with Crippen LogP contribution < -0.4 is 11.5 Å². The molecule has 0 aliphatic heterocycles. The van der Waals surface area contributed by atoms with Gasteiger partial charge in [-0.3, -0.25) is 0 Å². The summed E-state index contributed by atoms with van der Waals surface area (Å²) >= 11 is 0. The number of aliphatic hydroxyl groups excluding tert-OH is 2. The molecule has 0 saturated carbocycles. The standard InChI is InChI=1S/C6H14N2O3/c1-3(10)5(8)6(11)4(7)2-9/h2-6,10-11H,7-8H2,1H3/t3-,4-,5+,6-/m1/s1. The minimum atomic E-state index is -1.19. The normalized spacial score (nSPS) is 21.9. The van der Waals surface area contributed by atoms with Gasteiger partial charge >= 0.3 is 0 Å². The molecule has 5 heteroatoms. The van der Waals surface area contributed by atoms with Crippen molar-refractivity contribution in [2.75, 3.05) is 0 Å². The first-order valence-corrected chi connectivity index (χ1v) is 3.33. The zero-order chi connectivity index (χ0) is 9.02. The lowest BCUT2D eigenvalue weighted by atomic mass is 10.0. The van der Waals surface area contributed by atoms with E-state index < -0.39 is 24.3 Å². The van der Waals surface area contributed by atoms with Crippen LogP contribution in [0.2, 0.25) is 0 Å². The molecule has 0 saturated heterocycles. The van der Waals surface area contributed by atoms with Gasteiger partial charge in [-0.1, -0.05) is 0 Å². The molecule has 0 aliphatic carbocycles. The van der Waals surface area contributed by atoms with E-state index >= 15 is 0 Å². The van der Waals surface area contributed by atoms with Crippen LogP contribution in [0.3, 0.4) is 0 Å². The van der Waals surface area contributed by atoms with Crippen LogP contribution in [0.15, 0.2) is 0 Å². The van der Waals surface area contributed by atoms with Gasteiger partial charge in [0.1, 0.15) is 6.29 Å². The van der Waals surface area contributed by atoms with Crippen molar-refractivity contribution in [1.82, 2.24) is 0 Å². The molecular weight excluding hydrogens is 148 g/mol. The van der Waals surface area contributed by atoms with Crippen molar-refractivity contribution >= 4 is 6.29 Å². The highest BCUT2D eigenvalue weighted by Gasteiger charge is 2.24. The second-order valence-electron chi connectivity index (χ2n) is 2.52. The van der Waals surface area contributed by atoms with Crippen molar-refractivity contribution < 1.29 is 15.0 Å². The van der Waals surface area contributed by atoms with E-state index in [9.17, 15) is 4.79 Å². The third-order valence-corrected chi connectivity index (χ3v) is 1.50. The predicted octanol–water partition coefficient (Wildman–Crippen LogP) is -2.42. The largest absolute Gasteiger partial charge is 0.392 e. The maximum Gasteiger partial charge on any atom is 0.139 e. The molecule has 0 rings (SSSR count). The lowest BCUT2D eigenvalue weighted by molar-refractivity contribution is -0.111. The fourth-order valence-electron chi connectivity index (χ4n) is 0.622. The van der Waals surface area contributed by atoms with Gasteiger partial charge < -0.3 is 26.5 Å². The molecule has 0 fully saturated rings. The molecule has 0 radical (unpaired) electrons. The summed E-state index contributed by atoms with van der Waals surface area (Å²) in [6, 6.07) is -1.91. The topological polar surface area (TPSA) is 110 Å². The van der Waals surface area contributed by atoms with E-state index in [1.807, 2.05) is 0 Å². The lowest BCUT2D eigenvalue weighted by Crippen LogP contribution is -2.52. The van der Waals surface area contributed by atoms with Gasteiger partial charge in [-0.2, -0.15) is 0 Å². The molecule has 66 valence electrons. The van der Waals surface area contributed by atoms with Crippen molar-refractivity contribution in [3.63, 3.8) is 0 Å². The summed E-state index contributed by atoms with van der Waals surface area (Å²) in [6.07, 6.45) is -1.67. The van der Waals surface area contributed by atoms with E-state index in [1.54, 1.807) is 0 Å². The Balaban J connectivity index is 4.00. The van der Waals surface area contributed by atoms with Gasteiger partial charge in [0.05, 0.1) is 24.3 Å². The van der Waals surface area contributed by atoms with Gasteiger partial charge in [0, 0.05) is 0 Å². The molecule has 0 spiro atoms. The highest BCUT2D eigenvalue weighted by atomic mass is 16.3. The molecule has 0 unspecified atom stereocenters. The molecule has 6 N–H and O–H groups in total. The Bertz CT molecular complexity index is 129. The molecule has 0 aromatic carbocycles.